The quantitative estimate of drug-likeness (QED) is 0.0228. The van der Waals surface area contributed by atoms with E-state index in [-0.39, 0.29) is 78.1 Å². The molecule has 5 atom stereocenters. The van der Waals surface area contributed by atoms with Crippen molar-refractivity contribution in [2.24, 2.45) is 5.92 Å². The molecule has 0 fully saturated rings. The molecule has 2 aliphatic heterocycles. The van der Waals surface area contributed by atoms with Crippen LogP contribution in [0.25, 0.3) is 33.7 Å². The van der Waals surface area contributed by atoms with Crippen LogP contribution >= 0.6 is 0 Å². The number of sulfone groups is 1. The lowest BCUT2D eigenvalue weighted by Crippen LogP contribution is -2.54. The van der Waals surface area contributed by atoms with Crippen LogP contribution in [0.5, 0.6) is 0 Å². The van der Waals surface area contributed by atoms with Crippen molar-refractivity contribution >= 4 is 133 Å². The SMILES string of the molecule is CC[C@@]1(O)C(=O)OCc2c1cc1n(c2=O)Cc2c-1nc1cc(F)c(C)c3c1c2[C@@H](NC(=O)OCc1ccc(NC(=O)[C@H](C)NC(=O)[C@@H](NC(=O)CC[C@@H](NC(=O)CN(C)C(=O)CN(C)C(=O)CN(C)C(=O)CN(C)C(=O)CN(C)C(=O)CN(C)C(=O)CN(C)C(=O)CN(C)C(=O)CN(C)C(=O)CN(C)C(C)=O)C(=O)Nc2ccc(-c4nnc(S(C)(=O)=O)o4)cc2)C(C)C)cc1)CC3. The molecule has 44 nitrogen and oxygen atoms in total. The van der Waals surface area contributed by atoms with Gasteiger partial charge in [-0.1, -0.05) is 38.0 Å². The summed E-state index contributed by atoms with van der Waals surface area (Å²) in [5.74, 6) is -12.6. The van der Waals surface area contributed by atoms with E-state index in [1.807, 2.05) is 0 Å². The molecule has 5 heterocycles. The first-order valence-electron chi connectivity index (χ1n) is 41.8. The minimum Gasteiger partial charge on any atom is -0.458 e. The topological polar surface area (TPSA) is 541 Å². The smallest absolute Gasteiger partial charge is 0.407 e. The van der Waals surface area contributed by atoms with E-state index in [1.165, 1.54) is 136 Å². The Morgan fingerprint density at radius 1 is 0.598 bits per heavy atom. The predicted octanol–water partition coefficient (Wildman–Crippen LogP) is -1.01. The van der Waals surface area contributed by atoms with Crippen LogP contribution < -0.4 is 37.5 Å². The number of aryl methyl sites for hydroxylation is 1. The van der Waals surface area contributed by atoms with Gasteiger partial charge in [0, 0.05) is 130 Å². The van der Waals surface area contributed by atoms with Gasteiger partial charge in [-0.25, -0.2) is 27.4 Å². The number of hydrogen-bond donors (Lipinski definition) is 7. The van der Waals surface area contributed by atoms with Crippen LogP contribution in [0.2, 0.25) is 0 Å². The van der Waals surface area contributed by atoms with Gasteiger partial charge in [0.25, 0.3) is 5.56 Å². The second kappa shape index (κ2) is 43.0. The summed E-state index contributed by atoms with van der Waals surface area (Å²) in [6, 6.07) is 10.0. The predicted molar refractivity (Wildman–Crippen MR) is 468 cm³/mol. The first-order chi connectivity index (χ1) is 61.9. The summed E-state index contributed by atoms with van der Waals surface area (Å²) in [6.45, 7) is 3.39. The van der Waals surface area contributed by atoms with Crippen molar-refractivity contribution in [2.45, 2.75) is 128 Å². The number of aliphatic hydroxyl groups is 1. The fraction of sp³-hybridized carbons (Fsp3) is 0.477. The molecule has 46 heteroatoms. The molecule has 710 valence electrons. The number of nitrogens with zero attached hydrogens (tertiary/aromatic N) is 14. The third-order valence-electron chi connectivity index (χ3n) is 22.8. The first kappa shape index (κ1) is 102. The lowest BCUT2D eigenvalue weighted by molar-refractivity contribution is -0.172. The first-order valence-corrected chi connectivity index (χ1v) is 43.6. The third-order valence-corrected chi connectivity index (χ3v) is 23.6. The molecule has 0 saturated heterocycles. The van der Waals surface area contributed by atoms with Crippen molar-refractivity contribution in [3.63, 3.8) is 0 Å². The van der Waals surface area contributed by atoms with E-state index in [2.05, 4.69) is 42.1 Å². The van der Waals surface area contributed by atoms with Gasteiger partial charge in [0.2, 0.25) is 104 Å². The molecule has 0 bridgehead atoms. The molecule has 6 aromatic rings. The van der Waals surface area contributed by atoms with Crippen LogP contribution in [0.1, 0.15) is 105 Å². The number of halogens is 1. The second-order valence-corrected chi connectivity index (χ2v) is 35.2. The molecule has 16 amide bonds. The second-order valence-electron chi connectivity index (χ2n) is 33.3. The number of carbonyl (C=O) groups is 17. The molecule has 3 aromatic heterocycles. The number of anilines is 2. The Bertz CT molecular complexity index is 5750. The number of rotatable bonds is 38. The molecule has 7 N–H and O–H groups in total. The van der Waals surface area contributed by atoms with Crippen LogP contribution in [0.15, 0.2) is 75.1 Å². The van der Waals surface area contributed by atoms with Gasteiger partial charge in [0.05, 0.1) is 101 Å². The van der Waals surface area contributed by atoms with Crippen molar-refractivity contribution in [1.82, 2.24) is 90.0 Å². The summed E-state index contributed by atoms with van der Waals surface area (Å²) in [5, 5.41) is 34.8. The lowest BCUT2D eigenvalue weighted by Gasteiger charge is -2.31. The van der Waals surface area contributed by atoms with Gasteiger partial charge in [0.1, 0.15) is 37.2 Å². The summed E-state index contributed by atoms with van der Waals surface area (Å²) in [7, 11) is 9.10. The molecule has 132 heavy (non-hydrogen) atoms. The molecule has 0 saturated carbocycles. The Morgan fingerprint density at radius 2 is 1.07 bits per heavy atom. The van der Waals surface area contributed by atoms with E-state index in [0.717, 1.165) is 50.4 Å². The van der Waals surface area contributed by atoms with Crippen molar-refractivity contribution in [3.8, 4) is 22.8 Å². The zero-order valence-corrected chi connectivity index (χ0v) is 77.1. The van der Waals surface area contributed by atoms with Crippen molar-refractivity contribution in [2.75, 3.05) is 153 Å². The van der Waals surface area contributed by atoms with E-state index in [9.17, 15) is 99.8 Å². The minimum absolute atomic E-state index is 0.0172. The number of nitrogens with one attached hydrogen (secondary N) is 6. The number of hydrogen-bond acceptors (Lipinski definition) is 27. The number of carbonyl (C=O) groups excluding carboxylic acids is 17. The van der Waals surface area contributed by atoms with Crippen molar-refractivity contribution < 1.29 is 113 Å². The number of ether oxygens (including phenoxy) is 2. The number of alkyl carbamates (subject to hydrolysis) is 1. The average Bonchev–Trinajstić information content (AvgIpc) is 1.53. The van der Waals surface area contributed by atoms with Gasteiger partial charge < -0.3 is 104 Å². The van der Waals surface area contributed by atoms with Gasteiger partial charge in [0.15, 0.2) is 5.60 Å². The summed E-state index contributed by atoms with van der Waals surface area (Å²) >= 11 is 0. The maximum atomic E-state index is 15.6. The minimum atomic E-state index is -3.86. The number of fused-ring (bicyclic) bond motifs is 5. The molecule has 9 rings (SSSR count). The molecule has 1 aliphatic carbocycles. The Kier molecular flexibility index (Phi) is 33.1. The fourth-order valence-corrected chi connectivity index (χ4v) is 14.8. The molecular formula is C86H109FN20O24S. The Balaban J connectivity index is 0.734. The summed E-state index contributed by atoms with van der Waals surface area (Å²) in [4.78, 5) is 255. The van der Waals surface area contributed by atoms with Crippen LogP contribution in [-0.4, -0.2) is 343 Å². The van der Waals surface area contributed by atoms with Crippen molar-refractivity contribution in [1.29, 1.82) is 0 Å². The Morgan fingerprint density at radius 3 is 1.53 bits per heavy atom. The van der Waals surface area contributed by atoms with E-state index in [1.54, 1.807) is 45.9 Å². The maximum Gasteiger partial charge on any atom is 0.407 e. The van der Waals surface area contributed by atoms with Gasteiger partial charge in [-0.3, -0.25) is 76.7 Å². The lowest BCUT2D eigenvalue weighted by atomic mass is 9.81. The van der Waals surface area contributed by atoms with E-state index < -0.39 is 229 Å². The van der Waals surface area contributed by atoms with Gasteiger partial charge in [-0.05, 0) is 110 Å². The normalized spacial score (nSPS) is 14.6. The Hall–Kier alpha value is -14.2. The number of pyridine rings is 2. The number of cyclic esters (lactones) is 1. The molecular weight excluding hydrogens is 1750 g/mol. The number of esters is 1. The standard InChI is InChI=1S/C86H109FN20O24S/c1-18-86(126)57-31-62-77-55(33-107(62)82(123)56(57)45-129-83(86)124)75-59(28-27-54-47(4)58(87)32-61(92-77)74(54)75)93-84(125)130-44-50-19-23-52(24-20-50)89-78(120)48(5)88-80(122)76(46(2)3)94-63(109)30-29-60(79(121)90-53-25-21-51(22-26-53)81-95-96-85(131-81)132(17,127)128)91-64(110)34-98(8)66(112)36-100(10)68(114)38-102(12)70(116)40-104(14)72(118)42-106(16)73(119)43-105(15)71(117)41-103(13)69(115)39-101(11)67(113)37-99(9)65(111)35-97(7)49(6)108/h19-26,31-32,46,48,59-60,76,126H,18,27-30,33-45H2,1-17H3,(H,88,122)(H,89,120)(H,90,121)(H,91,110)(H,93,125)(H,94,109)/t48-,59-,60+,76-,86-/m0/s1. The molecule has 3 aliphatic rings. The molecule has 0 spiro atoms. The highest BCUT2D eigenvalue weighted by Gasteiger charge is 2.47. The van der Waals surface area contributed by atoms with E-state index in [0.29, 0.717) is 57.4 Å². The number of amides is 16. The van der Waals surface area contributed by atoms with E-state index in [4.69, 9.17) is 18.9 Å². The number of aromatic nitrogens is 4. The van der Waals surface area contributed by atoms with Crippen molar-refractivity contribution in [3.05, 3.63) is 116 Å². The summed E-state index contributed by atoms with van der Waals surface area (Å²) in [5.41, 5.74) is 2.03. The van der Waals surface area contributed by atoms with Crippen LogP contribution in [-0.2, 0) is 128 Å². The van der Waals surface area contributed by atoms with Crippen LogP contribution in [0.3, 0.4) is 0 Å². The van der Waals surface area contributed by atoms with Crippen LogP contribution in [0.4, 0.5) is 20.6 Å². The summed E-state index contributed by atoms with van der Waals surface area (Å²) < 4.78 is 57.3. The molecule has 0 radical (unpaired) electrons. The highest BCUT2D eigenvalue weighted by molar-refractivity contribution is 7.90. The van der Waals surface area contributed by atoms with E-state index >= 15 is 4.39 Å². The zero-order chi connectivity index (χ0) is 97.7. The maximum absolute atomic E-state index is 15.6. The fourth-order valence-electron chi connectivity index (χ4n) is 14.3. The zero-order valence-electron chi connectivity index (χ0n) is 76.3. The monoisotopic (exact) mass is 1860 g/mol. The highest BCUT2D eigenvalue weighted by Crippen LogP contribution is 2.46. The number of likely N-dealkylation sites (N-methyl/N-ethyl adjacent to an activating group) is 10. The third kappa shape index (κ3) is 24.8. The average molecular weight is 1860 g/mol. The molecule has 3 aromatic carbocycles. The largest absolute Gasteiger partial charge is 0.458 e. The Labute approximate surface area is 758 Å². The van der Waals surface area contributed by atoms with Gasteiger partial charge >= 0.3 is 17.3 Å². The van der Waals surface area contributed by atoms with Gasteiger partial charge in [-0.2, -0.15) is 0 Å². The molecule has 0 unspecified atom stereocenters. The van der Waals surface area contributed by atoms with Gasteiger partial charge in [-0.15, -0.1) is 5.10 Å². The summed E-state index contributed by atoms with van der Waals surface area (Å²) in [6.07, 6.45) is -0.254. The number of benzene rings is 3. The highest BCUT2D eigenvalue weighted by atomic mass is 32.2. The van der Waals surface area contributed by atoms with Crippen LogP contribution in [0, 0.1) is 18.7 Å².